The Kier molecular flexibility index (Phi) is 6.61. The summed E-state index contributed by atoms with van der Waals surface area (Å²) in [6.45, 7) is 6.19. The zero-order valence-corrected chi connectivity index (χ0v) is 12.9. The number of pyridine rings is 1. The number of amides is 1. The van der Waals surface area contributed by atoms with Crippen molar-refractivity contribution in [3.8, 4) is 0 Å². The number of alkyl halides is 3. The van der Waals surface area contributed by atoms with Crippen molar-refractivity contribution in [2.45, 2.75) is 20.0 Å². The molecule has 1 aliphatic rings. The summed E-state index contributed by atoms with van der Waals surface area (Å²) in [7, 11) is 1.35. The van der Waals surface area contributed by atoms with E-state index in [4.69, 9.17) is 0 Å². The summed E-state index contributed by atoms with van der Waals surface area (Å²) in [4.78, 5) is 16.5. The molecule has 0 radical (unpaired) electrons. The minimum Gasteiger partial charge on any atom is -0.367 e. The third kappa shape index (κ3) is 4.33. The standard InChI is InChI=1S/C12H15F3N4O.C2H6/c1-16-11(20)8-2-3-9(10(18-8)12(13,14)15)19-6-4-17-5-7-19;1-2/h2-3,17H,4-7H2,1H3,(H,16,20);1-2H3. The van der Waals surface area contributed by atoms with Crippen molar-refractivity contribution in [2.24, 2.45) is 0 Å². The maximum Gasteiger partial charge on any atom is 0.435 e. The summed E-state index contributed by atoms with van der Waals surface area (Å²) in [5, 5.41) is 5.34. The second kappa shape index (κ2) is 7.98. The summed E-state index contributed by atoms with van der Waals surface area (Å²) in [6, 6.07) is 2.62. The topological polar surface area (TPSA) is 57.3 Å². The summed E-state index contributed by atoms with van der Waals surface area (Å²) in [5.74, 6) is -0.637. The van der Waals surface area contributed by atoms with Gasteiger partial charge in [-0.15, -0.1) is 0 Å². The first-order chi connectivity index (χ1) is 10.4. The quantitative estimate of drug-likeness (QED) is 0.874. The van der Waals surface area contributed by atoms with Gasteiger partial charge in [0.2, 0.25) is 0 Å². The lowest BCUT2D eigenvalue weighted by Crippen LogP contribution is -2.44. The number of rotatable bonds is 2. The molecule has 1 aliphatic heterocycles. The lowest BCUT2D eigenvalue weighted by molar-refractivity contribution is -0.140. The third-order valence-electron chi connectivity index (χ3n) is 3.06. The largest absolute Gasteiger partial charge is 0.435 e. The summed E-state index contributed by atoms with van der Waals surface area (Å²) in [6.07, 6.45) is -4.59. The number of aromatic nitrogens is 1. The molecule has 0 unspecified atom stereocenters. The second-order valence-corrected chi connectivity index (χ2v) is 4.38. The first kappa shape index (κ1) is 18.2. The number of carbonyl (C=O) groups excluding carboxylic acids is 1. The molecule has 22 heavy (non-hydrogen) atoms. The highest BCUT2D eigenvalue weighted by molar-refractivity contribution is 5.92. The van der Waals surface area contributed by atoms with Gasteiger partial charge in [-0.3, -0.25) is 4.79 Å². The van der Waals surface area contributed by atoms with Crippen LogP contribution >= 0.6 is 0 Å². The van der Waals surface area contributed by atoms with Gasteiger partial charge in [0.15, 0.2) is 5.69 Å². The number of carbonyl (C=O) groups is 1. The highest BCUT2D eigenvalue weighted by Gasteiger charge is 2.37. The Labute approximate surface area is 127 Å². The van der Waals surface area contributed by atoms with Gasteiger partial charge >= 0.3 is 6.18 Å². The van der Waals surface area contributed by atoms with Crippen molar-refractivity contribution in [1.29, 1.82) is 0 Å². The van der Waals surface area contributed by atoms with Crippen LogP contribution in [0.15, 0.2) is 12.1 Å². The molecule has 0 spiro atoms. The van der Waals surface area contributed by atoms with E-state index in [-0.39, 0.29) is 11.4 Å². The predicted molar refractivity (Wildman–Crippen MR) is 79.1 cm³/mol. The minimum absolute atomic E-state index is 0.0200. The Balaban J connectivity index is 0.00000116. The van der Waals surface area contributed by atoms with Crippen molar-refractivity contribution in [3.63, 3.8) is 0 Å². The number of piperazine rings is 1. The fourth-order valence-electron chi connectivity index (χ4n) is 2.08. The number of nitrogens with one attached hydrogen (secondary N) is 2. The molecule has 0 bridgehead atoms. The van der Waals surface area contributed by atoms with E-state index in [2.05, 4.69) is 15.6 Å². The molecule has 0 aliphatic carbocycles. The molecule has 1 fully saturated rings. The highest BCUT2D eigenvalue weighted by atomic mass is 19.4. The molecule has 2 N–H and O–H groups in total. The maximum atomic E-state index is 13.1. The fraction of sp³-hybridized carbons (Fsp3) is 0.571. The Morgan fingerprint density at radius 2 is 1.86 bits per heavy atom. The van der Waals surface area contributed by atoms with E-state index in [1.54, 1.807) is 4.90 Å². The summed E-state index contributed by atoms with van der Waals surface area (Å²) >= 11 is 0. The SMILES string of the molecule is CC.CNC(=O)c1ccc(N2CCNCC2)c(C(F)(F)F)n1. The monoisotopic (exact) mass is 318 g/mol. The van der Waals surface area contributed by atoms with E-state index >= 15 is 0 Å². The van der Waals surface area contributed by atoms with Gasteiger partial charge in [-0.1, -0.05) is 13.8 Å². The van der Waals surface area contributed by atoms with Crippen LogP contribution in [0.1, 0.15) is 30.0 Å². The first-order valence-electron chi connectivity index (χ1n) is 7.19. The Hall–Kier alpha value is -1.83. The molecular weight excluding hydrogens is 297 g/mol. The van der Waals surface area contributed by atoms with Crippen molar-refractivity contribution in [2.75, 3.05) is 38.1 Å². The van der Waals surface area contributed by atoms with Crippen LogP contribution in [-0.4, -0.2) is 44.1 Å². The Morgan fingerprint density at radius 3 is 2.36 bits per heavy atom. The Morgan fingerprint density at radius 1 is 1.27 bits per heavy atom. The second-order valence-electron chi connectivity index (χ2n) is 4.38. The molecule has 8 heteroatoms. The van der Waals surface area contributed by atoms with Gasteiger partial charge in [-0.25, -0.2) is 4.98 Å². The van der Waals surface area contributed by atoms with Gasteiger partial charge in [0.25, 0.3) is 5.91 Å². The molecule has 0 saturated carbocycles. The van der Waals surface area contributed by atoms with Crippen LogP contribution in [0.25, 0.3) is 0 Å². The molecule has 5 nitrogen and oxygen atoms in total. The molecule has 1 aromatic heterocycles. The molecule has 1 amide bonds. The van der Waals surface area contributed by atoms with Crippen LogP contribution in [0.5, 0.6) is 0 Å². The zero-order chi connectivity index (χ0) is 16.8. The number of hydrogen-bond donors (Lipinski definition) is 2. The van der Waals surface area contributed by atoms with Gasteiger partial charge in [-0.2, -0.15) is 13.2 Å². The number of hydrogen-bond acceptors (Lipinski definition) is 4. The fourth-order valence-corrected chi connectivity index (χ4v) is 2.08. The van der Waals surface area contributed by atoms with Crippen LogP contribution in [0.4, 0.5) is 18.9 Å². The van der Waals surface area contributed by atoms with E-state index in [0.717, 1.165) is 0 Å². The third-order valence-corrected chi connectivity index (χ3v) is 3.06. The van der Waals surface area contributed by atoms with E-state index in [1.807, 2.05) is 13.8 Å². The van der Waals surface area contributed by atoms with Gasteiger partial charge < -0.3 is 15.5 Å². The average Bonchev–Trinajstić information content (AvgIpc) is 2.55. The van der Waals surface area contributed by atoms with E-state index in [0.29, 0.717) is 26.2 Å². The van der Waals surface area contributed by atoms with E-state index < -0.39 is 17.8 Å². The molecule has 1 saturated heterocycles. The molecule has 1 aromatic rings. The molecular formula is C14H21F3N4O. The van der Waals surface area contributed by atoms with E-state index in [1.165, 1.54) is 19.2 Å². The van der Waals surface area contributed by atoms with E-state index in [9.17, 15) is 18.0 Å². The summed E-state index contributed by atoms with van der Waals surface area (Å²) in [5.41, 5.74) is -1.23. The number of nitrogens with zero attached hydrogens (tertiary/aromatic N) is 2. The molecule has 0 aromatic carbocycles. The lowest BCUT2D eigenvalue weighted by Gasteiger charge is -2.31. The first-order valence-corrected chi connectivity index (χ1v) is 7.19. The van der Waals surface area contributed by atoms with Gasteiger partial charge in [0.1, 0.15) is 5.69 Å². The zero-order valence-electron chi connectivity index (χ0n) is 12.9. The van der Waals surface area contributed by atoms with Gasteiger partial charge in [0, 0.05) is 33.2 Å². The predicted octanol–water partition coefficient (Wildman–Crippen LogP) is 1.90. The van der Waals surface area contributed by atoms with Crippen LogP contribution in [-0.2, 0) is 6.18 Å². The molecule has 2 heterocycles. The van der Waals surface area contributed by atoms with Crippen molar-refractivity contribution >= 4 is 11.6 Å². The van der Waals surface area contributed by atoms with Crippen LogP contribution in [0.3, 0.4) is 0 Å². The smallest absolute Gasteiger partial charge is 0.367 e. The van der Waals surface area contributed by atoms with Crippen molar-refractivity contribution in [1.82, 2.24) is 15.6 Å². The van der Waals surface area contributed by atoms with Crippen molar-refractivity contribution in [3.05, 3.63) is 23.5 Å². The Bertz CT molecular complexity index is 499. The molecule has 2 rings (SSSR count). The summed E-state index contributed by atoms with van der Waals surface area (Å²) < 4.78 is 39.3. The maximum absolute atomic E-state index is 13.1. The normalized spacial score (nSPS) is 14.9. The lowest BCUT2D eigenvalue weighted by atomic mass is 10.2. The minimum atomic E-state index is -4.59. The van der Waals surface area contributed by atoms with Crippen molar-refractivity contribution < 1.29 is 18.0 Å². The number of halogens is 3. The molecule has 0 atom stereocenters. The van der Waals surface area contributed by atoms with Gasteiger partial charge in [0.05, 0.1) is 5.69 Å². The molecule has 124 valence electrons. The highest BCUT2D eigenvalue weighted by Crippen LogP contribution is 2.35. The van der Waals surface area contributed by atoms with Crippen LogP contribution < -0.4 is 15.5 Å². The van der Waals surface area contributed by atoms with Crippen LogP contribution in [0.2, 0.25) is 0 Å². The number of anilines is 1. The van der Waals surface area contributed by atoms with Gasteiger partial charge in [-0.05, 0) is 12.1 Å². The van der Waals surface area contributed by atoms with Crippen LogP contribution in [0, 0.1) is 0 Å². The average molecular weight is 318 g/mol.